The predicted octanol–water partition coefficient (Wildman–Crippen LogP) is 1.44. The van der Waals surface area contributed by atoms with Gasteiger partial charge in [-0.25, -0.2) is 13.4 Å². The molecule has 4 heterocycles. The van der Waals surface area contributed by atoms with Crippen molar-refractivity contribution in [3.63, 3.8) is 0 Å². The van der Waals surface area contributed by atoms with Crippen LogP contribution in [0.1, 0.15) is 24.3 Å². The van der Waals surface area contributed by atoms with Gasteiger partial charge in [-0.15, -0.1) is 0 Å². The summed E-state index contributed by atoms with van der Waals surface area (Å²) in [7, 11) is -3.73. The Morgan fingerprint density at radius 2 is 1.90 bits per heavy atom. The van der Waals surface area contributed by atoms with Crippen LogP contribution in [0.3, 0.4) is 0 Å². The number of piperazine rings is 1. The lowest BCUT2D eigenvalue weighted by Gasteiger charge is -2.39. The van der Waals surface area contributed by atoms with E-state index in [-0.39, 0.29) is 29.0 Å². The number of hydrogen-bond donors (Lipinski definition) is 0. The van der Waals surface area contributed by atoms with Crippen LogP contribution in [0.4, 0.5) is 5.82 Å². The summed E-state index contributed by atoms with van der Waals surface area (Å²) in [5.74, 6) is 0.912. The van der Waals surface area contributed by atoms with Crippen molar-refractivity contribution >= 4 is 21.7 Å². The van der Waals surface area contributed by atoms with E-state index in [0.717, 1.165) is 18.9 Å². The zero-order chi connectivity index (χ0) is 21.3. The third kappa shape index (κ3) is 3.93. The minimum Gasteiger partial charge on any atom is -0.360 e. The minimum atomic E-state index is -3.73. The van der Waals surface area contributed by atoms with Crippen molar-refractivity contribution in [1.29, 1.82) is 0 Å². The maximum Gasteiger partial charge on any atom is 0.248 e. The van der Waals surface area contributed by atoms with E-state index < -0.39 is 10.0 Å². The normalized spacial score (nSPS) is 21.1. The molecule has 0 unspecified atom stereocenters. The molecule has 2 aromatic heterocycles. The van der Waals surface area contributed by atoms with Gasteiger partial charge in [-0.2, -0.15) is 4.31 Å². The average Bonchev–Trinajstić information content (AvgIpc) is 3.12. The molecule has 10 heteroatoms. The first-order valence-electron chi connectivity index (χ1n) is 10.3. The summed E-state index contributed by atoms with van der Waals surface area (Å²) in [5, 5.41) is 3.77. The first-order chi connectivity index (χ1) is 14.4. The van der Waals surface area contributed by atoms with Gasteiger partial charge in [0.2, 0.25) is 15.9 Å². The van der Waals surface area contributed by atoms with E-state index in [1.165, 1.54) is 4.31 Å². The fraction of sp³-hybridized carbons (Fsp3) is 0.550. The Kier molecular flexibility index (Phi) is 5.79. The third-order valence-corrected chi connectivity index (χ3v) is 7.97. The molecule has 2 aromatic rings. The smallest absolute Gasteiger partial charge is 0.248 e. The molecule has 0 radical (unpaired) electrons. The Balaban J connectivity index is 1.41. The molecule has 162 valence electrons. The van der Waals surface area contributed by atoms with E-state index in [4.69, 9.17) is 4.52 Å². The topological polar surface area (TPSA) is 99.8 Å². The Labute approximate surface area is 176 Å². The number of carbonyl (C=O) groups is 1. The number of sulfonamides is 1. The Bertz CT molecular complexity index is 980. The Hall–Kier alpha value is -2.46. The molecule has 0 bridgehead atoms. The highest BCUT2D eigenvalue weighted by Gasteiger charge is 2.38. The summed E-state index contributed by atoms with van der Waals surface area (Å²) in [4.78, 5) is 21.7. The molecule has 30 heavy (non-hydrogen) atoms. The van der Waals surface area contributed by atoms with Gasteiger partial charge >= 0.3 is 0 Å². The van der Waals surface area contributed by atoms with Gasteiger partial charge in [0.1, 0.15) is 16.4 Å². The summed E-state index contributed by atoms with van der Waals surface area (Å²) in [5.41, 5.74) is 0.353. The van der Waals surface area contributed by atoms with Crippen LogP contribution in [0.5, 0.6) is 0 Å². The van der Waals surface area contributed by atoms with Crippen LogP contribution >= 0.6 is 0 Å². The van der Waals surface area contributed by atoms with Gasteiger partial charge in [0.05, 0.1) is 5.92 Å². The molecule has 2 fully saturated rings. The number of pyridine rings is 1. The van der Waals surface area contributed by atoms with Crippen molar-refractivity contribution in [2.24, 2.45) is 5.92 Å². The molecule has 0 saturated carbocycles. The van der Waals surface area contributed by atoms with Crippen molar-refractivity contribution in [2.45, 2.75) is 31.6 Å². The molecule has 4 rings (SSSR count). The molecule has 0 aromatic carbocycles. The van der Waals surface area contributed by atoms with Gasteiger partial charge in [-0.3, -0.25) is 4.79 Å². The highest BCUT2D eigenvalue weighted by Crippen LogP contribution is 2.28. The fourth-order valence-corrected chi connectivity index (χ4v) is 6.10. The minimum absolute atomic E-state index is 0.0364. The molecular formula is C20H27N5O4S. The maximum absolute atomic E-state index is 13.1. The van der Waals surface area contributed by atoms with E-state index >= 15 is 0 Å². The number of hydrogen-bond acceptors (Lipinski definition) is 7. The first-order valence-corrected chi connectivity index (χ1v) is 11.7. The fourth-order valence-electron chi connectivity index (χ4n) is 4.29. The van der Waals surface area contributed by atoms with Crippen molar-refractivity contribution in [3.05, 3.63) is 35.9 Å². The second kappa shape index (κ2) is 8.35. The standard InChI is InChI=1S/C20H27N5O4S/c1-15-19(16(2)29-22-15)30(27,28)25-9-5-6-17(14-25)20(26)24-12-10-23(11-13-24)18-7-3-4-8-21-18/h3-4,7-8,17H,5-6,9-14H2,1-2H3/t17-/m0/s1. The van der Waals surface area contributed by atoms with Crippen LogP contribution in [-0.2, 0) is 14.8 Å². The van der Waals surface area contributed by atoms with Gasteiger partial charge in [-0.05, 0) is 38.8 Å². The lowest BCUT2D eigenvalue weighted by Crippen LogP contribution is -2.53. The van der Waals surface area contributed by atoms with Gasteiger partial charge in [-0.1, -0.05) is 11.2 Å². The summed E-state index contributed by atoms with van der Waals surface area (Å²) in [6.07, 6.45) is 3.13. The van der Waals surface area contributed by atoms with Gasteiger partial charge in [0.25, 0.3) is 0 Å². The molecule has 2 saturated heterocycles. The number of nitrogens with zero attached hydrogens (tertiary/aromatic N) is 5. The second-order valence-corrected chi connectivity index (χ2v) is 9.73. The SMILES string of the molecule is Cc1noc(C)c1S(=O)(=O)N1CCC[C@H](C(=O)N2CCN(c3ccccn3)CC2)C1. The predicted molar refractivity (Wildman–Crippen MR) is 110 cm³/mol. The van der Waals surface area contributed by atoms with Crippen LogP contribution in [-0.4, -0.2) is 72.9 Å². The van der Waals surface area contributed by atoms with E-state index in [1.54, 1.807) is 20.0 Å². The average molecular weight is 434 g/mol. The van der Waals surface area contributed by atoms with Crippen LogP contribution in [0.25, 0.3) is 0 Å². The van der Waals surface area contributed by atoms with Crippen LogP contribution in [0.15, 0.2) is 33.8 Å². The van der Waals surface area contributed by atoms with Crippen LogP contribution < -0.4 is 4.90 Å². The highest BCUT2D eigenvalue weighted by molar-refractivity contribution is 7.89. The zero-order valence-electron chi connectivity index (χ0n) is 17.3. The monoisotopic (exact) mass is 433 g/mol. The quantitative estimate of drug-likeness (QED) is 0.719. The molecule has 9 nitrogen and oxygen atoms in total. The number of aryl methyl sites for hydroxylation is 2. The van der Waals surface area contributed by atoms with Gasteiger partial charge in [0.15, 0.2) is 5.76 Å². The maximum atomic E-state index is 13.1. The van der Waals surface area contributed by atoms with Gasteiger partial charge < -0.3 is 14.3 Å². The number of rotatable bonds is 4. The third-order valence-electron chi connectivity index (χ3n) is 5.86. The Morgan fingerprint density at radius 3 is 2.53 bits per heavy atom. The second-order valence-electron chi connectivity index (χ2n) is 7.86. The number of carbonyl (C=O) groups excluding carboxylic acids is 1. The Morgan fingerprint density at radius 1 is 1.13 bits per heavy atom. The lowest BCUT2D eigenvalue weighted by molar-refractivity contribution is -0.137. The van der Waals surface area contributed by atoms with Crippen molar-refractivity contribution in [1.82, 2.24) is 19.3 Å². The van der Waals surface area contributed by atoms with Crippen molar-refractivity contribution in [2.75, 3.05) is 44.2 Å². The zero-order valence-corrected chi connectivity index (χ0v) is 18.1. The highest BCUT2D eigenvalue weighted by atomic mass is 32.2. The van der Waals surface area contributed by atoms with Crippen molar-refractivity contribution < 1.29 is 17.7 Å². The molecule has 1 atom stereocenters. The number of amides is 1. The van der Waals surface area contributed by atoms with Crippen LogP contribution in [0.2, 0.25) is 0 Å². The molecule has 0 spiro atoms. The molecule has 0 aliphatic carbocycles. The molecular weight excluding hydrogens is 406 g/mol. The van der Waals surface area contributed by atoms with Crippen molar-refractivity contribution in [3.8, 4) is 0 Å². The number of aromatic nitrogens is 2. The summed E-state index contributed by atoms with van der Waals surface area (Å²) in [6, 6.07) is 5.81. The largest absolute Gasteiger partial charge is 0.360 e. The summed E-state index contributed by atoms with van der Waals surface area (Å²) >= 11 is 0. The van der Waals surface area contributed by atoms with Gasteiger partial charge in [0, 0.05) is 45.5 Å². The molecule has 2 aliphatic rings. The summed E-state index contributed by atoms with van der Waals surface area (Å²) < 4.78 is 32.7. The molecule has 0 N–H and O–H groups in total. The van der Waals surface area contributed by atoms with E-state index in [2.05, 4.69) is 15.0 Å². The number of piperidine rings is 1. The van der Waals surface area contributed by atoms with E-state index in [1.807, 2.05) is 23.1 Å². The van der Waals surface area contributed by atoms with Crippen LogP contribution in [0, 0.1) is 19.8 Å². The lowest BCUT2D eigenvalue weighted by atomic mass is 9.98. The van der Waals surface area contributed by atoms with E-state index in [0.29, 0.717) is 38.2 Å². The summed E-state index contributed by atoms with van der Waals surface area (Å²) in [6.45, 7) is 6.49. The number of anilines is 1. The van der Waals surface area contributed by atoms with E-state index in [9.17, 15) is 13.2 Å². The molecule has 1 amide bonds. The molecule has 2 aliphatic heterocycles. The first kappa shape index (κ1) is 20.8.